The molecule has 1 aromatic rings. The topological polar surface area (TPSA) is 12.0 Å². The van der Waals surface area contributed by atoms with Crippen molar-refractivity contribution in [3.8, 4) is 0 Å². The van der Waals surface area contributed by atoms with Gasteiger partial charge < -0.3 is 5.32 Å². The van der Waals surface area contributed by atoms with Crippen molar-refractivity contribution in [3.05, 3.63) is 26.8 Å². The average molecular weight is 340 g/mol. The van der Waals surface area contributed by atoms with Gasteiger partial charge in [0.1, 0.15) is 0 Å². The second-order valence-electron chi connectivity index (χ2n) is 3.33. The van der Waals surface area contributed by atoms with Crippen LogP contribution in [0.4, 0.5) is 5.69 Å². The van der Waals surface area contributed by atoms with Gasteiger partial charge in [0.15, 0.2) is 0 Å². The monoisotopic (exact) mass is 339 g/mol. The third-order valence-corrected chi connectivity index (χ3v) is 4.37. The van der Waals surface area contributed by atoms with Crippen LogP contribution in [0.25, 0.3) is 0 Å². The molecule has 1 heterocycles. The van der Waals surface area contributed by atoms with Crippen molar-refractivity contribution in [3.63, 3.8) is 0 Å². The van der Waals surface area contributed by atoms with Crippen LogP contribution in [0, 0.1) is 3.57 Å². The van der Waals surface area contributed by atoms with Gasteiger partial charge in [-0.3, -0.25) is 0 Å². The van der Waals surface area contributed by atoms with Gasteiger partial charge in [-0.25, -0.2) is 0 Å². The van der Waals surface area contributed by atoms with Gasteiger partial charge in [-0.15, -0.1) is 0 Å². The highest BCUT2D eigenvalue weighted by Gasteiger charge is 2.15. The van der Waals surface area contributed by atoms with Crippen molar-refractivity contribution in [2.45, 2.75) is 12.5 Å². The molecular weight excluding hydrogens is 329 g/mol. The Balaban J connectivity index is 2.08. The molecule has 76 valence electrons. The number of nitrogens with one attached hydrogen (secondary N) is 1. The van der Waals surface area contributed by atoms with Crippen LogP contribution in [0.5, 0.6) is 0 Å². The van der Waals surface area contributed by atoms with Crippen LogP contribution in [0.1, 0.15) is 6.42 Å². The van der Waals surface area contributed by atoms with E-state index in [2.05, 4.69) is 40.0 Å². The zero-order chi connectivity index (χ0) is 9.97. The second-order valence-corrected chi connectivity index (χ2v) is 6.13. The van der Waals surface area contributed by atoms with E-state index in [9.17, 15) is 0 Å². The Bertz CT molecular complexity index is 326. The standard InChI is InChI=1S/C10H11ClINS/c11-9-5-7(12)1-2-10(9)13-8-3-4-14-6-8/h1-2,5,8,13H,3-4,6H2. The third kappa shape index (κ3) is 2.70. The fourth-order valence-electron chi connectivity index (χ4n) is 1.47. The molecule has 1 fully saturated rings. The third-order valence-electron chi connectivity index (χ3n) is 2.22. The molecule has 1 aliphatic heterocycles. The highest BCUT2D eigenvalue weighted by molar-refractivity contribution is 14.1. The first-order valence-corrected chi connectivity index (χ1v) is 7.16. The summed E-state index contributed by atoms with van der Waals surface area (Å²) in [6, 6.07) is 6.73. The quantitative estimate of drug-likeness (QED) is 0.821. The van der Waals surface area contributed by atoms with E-state index in [4.69, 9.17) is 11.6 Å². The van der Waals surface area contributed by atoms with Gasteiger partial charge in [-0.05, 0) is 53.0 Å². The minimum Gasteiger partial charge on any atom is -0.380 e. The normalized spacial score (nSPS) is 21.1. The Morgan fingerprint density at radius 1 is 1.50 bits per heavy atom. The molecule has 1 unspecified atom stereocenters. The first-order chi connectivity index (χ1) is 6.75. The molecule has 1 atom stereocenters. The summed E-state index contributed by atoms with van der Waals surface area (Å²) in [6.07, 6.45) is 1.24. The molecule has 1 saturated heterocycles. The first kappa shape index (κ1) is 10.9. The first-order valence-electron chi connectivity index (χ1n) is 4.55. The Kier molecular flexibility index (Phi) is 3.85. The zero-order valence-corrected chi connectivity index (χ0v) is 11.3. The van der Waals surface area contributed by atoms with Crippen LogP contribution in [0.15, 0.2) is 18.2 Å². The molecule has 1 N–H and O–H groups in total. The van der Waals surface area contributed by atoms with Gasteiger partial charge in [0.05, 0.1) is 10.7 Å². The fourth-order valence-corrected chi connectivity index (χ4v) is 3.54. The van der Waals surface area contributed by atoms with E-state index in [1.165, 1.54) is 21.5 Å². The molecule has 0 spiro atoms. The molecule has 2 rings (SSSR count). The summed E-state index contributed by atoms with van der Waals surface area (Å²) in [4.78, 5) is 0. The molecule has 4 heteroatoms. The van der Waals surface area contributed by atoms with Crippen LogP contribution in [0.2, 0.25) is 5.02 Å². The van der Waals surface area contributed by atoms with E-state index in [0.29, 0.717) is 6.04 Å². The minimum absolute atomic E-state index is 0.595. The predicted octanol–water partition coefficient (Wildman–Crippen LogP) is 3.86. The van der Waals surface area contributed by atoms with Crippen LogP contribution in [-0.4, -0.2) is 17.5 Å². The summed E-state index contributed by atoms with van der Waals surface area (Å²) in [5.74, 6) is 2.46. The number of rotatable bonds is 2. The molecule has 0 aromatic heterocycles. The second kappa shape index (κ2) is 4.94. The fraction of sp³-hybridized carbons (Fsp3) is 0.400. The van der Waals surface area contributed by atoms with Crippen molar-refractivity contribution >= 4 is 51.6 Å². The van der Waals surface area contributed by atoms with Crippen LogP contribution >= 0.6 is 46.0 Å². The summed E-state index contributed by atoms with van der Waals surface area (Å²) in [5.41, 5.74) is 1.07. The number of halogens is 2. The zero-order valence-electron chi connectivity index (χ0n) is 7.59. The molecule has 14 heavy (non-hydrogen) atoms. The van der Waals surface area contributed by atoms with Gasteiger partial charge in [0, 0.05) is 15.4 Å². The maximum atomic E-state index is 6.13. The largest absolute Gasteiger partial charge is 0.380 e. The van der Waals surface area contributed by atoms with Crippen LogP contribution in [-0.2, 0) is 0 Å². The summed E-state index contributed by atoms with van der Waals surface area (Å²) in [7, 11) is 0. The number of hydrogen-bond donors (Lipinski definition) is 1. The van der Waals surface area contributed by atoms with E-state index >= 15 is 0 Å². The Hall–Kier alpha value is 0.390. The number of thioether (sulfide) groups is 1. The maximum absolute atomic E-state index is 6.13. The van der Waals surface area contributed by atoms with E-state index in [0.717, 1.165) is 10.7 Å². The number of hydrogen-bond acceptors (Lipinski definition) is 2. The van der Waals surface area contributed by atoms with Crippen molar-refractivity contribution in [2.24, 2.45) is 0 Å². The van der Waals surface area contributed by atoms with E-state index in [-0.39, 0.29) is 0 Å². The lowest BCUT2D eigenvalue weighted by molar-refractivity contribution is 0.813. The van der Waals surface area contributed by atoms with Crippen molar-refractivity contribution in [1.29, 1.82) is 0 Å². The Labute approximate surface area is 107 Å². The van der Waals surface area contributed by atoms with E-state index < -0.39 is 0 Å². The summed E-state index contributed by atoms with van der Waals surface area (Å²) in [6.45, 7) is 0. The van der Waals surface area contributed by atoms with Gasteiger partial charge in [-0.1, -0.05) is 11.6 Å². The lowest BCUT2D eigenvalue weighted by Gasteiger charge is -2.14. The maximum Gasteiger partial charge on any atom is 0.0648 e. The lowest BCUT2D eigenvalue weighted by atomic mass is 10.2. The molecule has 0 radical (unpaired) electrons. The van der Waals surface area contributed by atoms with E-state index in [1.54, 1.807) is 0 Å². The van der Waals surface area contributed by atoms with Gasteiger partial charge in [-0.2, -0.15) is 11.8 Å². The summed E-state index contributed by atoms with van der Waals surface area (Å²) in [5, 5.41) is 4.31. The SMILES string of the molecule is Clc1cc(I)ccc1NC1CCSC1. The van der Waals surface area contributed by atoms with Crippen LogP contribution < -0.4 is 5.32 Å². The van der Waals surface area contributed by atoms with Crippen molar-refractivity contribution in [1.82, 2.24) is 0 Å². The van der Waals surface area contributed by atoms with Gasteiger partial charge >= 0.3 is 0 Å². The smallest absolute Gasteiger partial charge is 0.0648 e. The Morgan fingerprint density at radius 3 is 3.00 bits per heavy atom. The average Bonchev–Trinajstić information content (AvgIpc) is 2.62. The van der Waals surface area contributed by atoms with E-state index in [1.807, 2.05) is 17.8 Å². The Morgan fingerprint density at radius 2 is 2.36 bits per heavy atom. The lowest BCUT2D eigenvalue weighted by Crippen LogP contribution is -2.18. The number of benzene rings is 1. The predicted molar refractivity (Wildman–Crippen MR) is 73.5 cm³/mol. The van der Waals surface area contributed by atoms with Crippen molar-refractivity contribution < 1.29 is 0 Å². The highest BCUT2D eigenvalue weighted by Crippen LogP contribution is 2.27. The highest BCUT2D eigenvalue weighted by atomic mass is 127. The van der Waals surface area contributed by atoms with Crippen molar-refractivity contribution in [2.75, 3.05) is 16.8 Å². The summed E-state index contributed by atoms with van der Waals surface area (Å²) >= 11 is 10.4. The number of anilines is 1. The molecule has 1 nitrogen and oxygen atoms in total. The minimum atomic E-state index is 0.595. The molecule has 1 aliphatic rings. The van der Waals surface area contributed by atoms with Gasteiger partial charge in [0.2, 0.25) is 0 Å². The summed E-state index contributed by atoms with van der Waals surface area (Å²) < 4.78 is 1.18. The molecule has 0 aliphatic carbocycles. The van der Waals surface area contributed by atoms with Gasteiger partial charge in [0.25, 0.3) is 0 Å². The molecule has 0 saturated carbocycles. The molecular formula is C10H11ClINS. The molecule has 0 amide bonds. The molecule has 1 aromatic carbocycles. The molecule has 0 bridgehead atoms. The van der Waals surface area contributed by atoms with Crippen LogP contribution in [0.3, 0.4) is 0 Å².